The van der Waals surface area contributed by atoms with Gasteiger partial charge in [-0.2, -0.15) is 5.10 Å². The molecule has 1 heterocycles. The molecule has 0 aromatic heterocycles. The van der Waals surface area contributed by atoms with Crippen molar-refractivity contribution in [3.05, 3.63) is 70.2 Å². The molecule has 3 rings (SSSR count). The summed E-state index contributed by atoms with van der Waals surface area (Å²) in [4.78, 5) is 12.0. The molecule has 1 aliphatic rings. The van der Waals surface area contributed by atoms with Gasteiger partial charge in [-0.3, -0.25) is 4.79 Å². The Morgan fingerprint density at radius 1 is 1.00 bits per heavy atom. The van der Waals surface area contributed by atoms with Crippen LogP contribution in [0.5, 0.6) is 0 Å². The van der Waals surface area contributed by atoms with Crippen molar-refractivity contribution in [2.75, 3.05) is 0 Å². The number of halogens is 1. The zero-order chi connectivity index (χ0) is 14.7. The van der Waals surface area contributed by atoms with Gasteiger partial charge in [0.15, 0.2) is 0 Å². The van der Waals surface area contributed by atoms with Crippen LogP contribution in [0.15, 0.2) is 64.2 Å². The molecule has 2 aromatic rings. The number of benzene rings is 2. The molecule has 0 bridgehead atoms. The monoisotopic (exact) mass is 342 g/mol. The molecule has 0 fully saturated rings. The highest BCUT2D eigenvalue weighted by Crippen LogP contribution is 2.19. The third-order valence-corrected chi connectivity index (χ3v) is 3.99. The molecule has 4 heteroatoms. The third kappa shape index (κ3) is 3.39. The van der Waals surface area contributed by atoms with Gasteiger partial charge in [-0.05, 0) is 23.3 Å². The normalized spacial score (nSPS) is 15.0. The molecule has 0 N–H and O–H groups in total. The fourth-order valence-corrected chi connectivity index (χ4v) is 2.59. The van der Waals surface area contributed by atoms with Gasteiger partial charge in [-0.25, -0.2) is 5.01 Å². The number of rotatable bonds is 3. The summed E-state index contributed by atoms with van der Waals surface area (Å²) in [7, 11) is 0. The zero-order valence-corrected chi connectivity index (χ0v) is 13.1. The van der Waals surface area contributed by atoms with E-state index in [-0.39, 0.29) is 5.91 Å². The van der Waals surface area contributed by atoms with E-state index in [1.165, 1.54) is 0 Å². The van der Waals surface area contributed by atoms with E-state index in [2.05, 4.69) is 21.0 Å². The first-order chi connectivity index (χ1) is 10.2. The topological polar surface area (TPSA) is 32.7 Å². The second kappa shape index (κ2) is 6.22. The number of carbonyl (C=O) groups excluding carboxylic acids is 1. The molecular formula is C17H15BrN2O. The minimum absolute atomic E-state index is 0.0831. The van der Waals surface area contributed by atoms with Crippen LogP contribution in [0.3, 0.4) is 0 Å². The summed E-state index contributed by atoms with van der Waals surface area (Å²) in [5.41, 5.74) is 3.13. The molecule has 1 amide bonds. The van der Waals surface area contributed by atoms with Crippen LogP contribution in [0, 0.1) is 0 Å². The lowest BCUT2D eigenvalue weighted by atomic mass is 10.0. The van der Waals surface area contributed by atoms with E-state index < -0.39 is 0 Å². The molecule has 0 unspecified atom stereocenters. The van der Waals surface area contributed by atoms with Crippen LogP contribution < -0.4 is 0 Å². The molecule has 0 aliphatic carbocycles. The number of hydrogen-bond donors (Lipinski definition) is 0. The van der Waals surface area contributed by atoms with Crippen molar-refractivity contribution in [1.29, 1.82) is 0 Å². The van der Waals surface area contributed by atoms with Gasteiger partial charge in [0, 0.05) is 17.3 Å². The van der Waals surface area contributed by atoms with Crippen LogP contribution in [-0.4, -0.2) is 16.6 Å². The number of amides is 1. The van der Waals surface area contributed by atoms with E-state index >= 15 is 0 Å². The molecule has 0 atom stereocenters. The van der Waals surface area contributed by atoms with Gasteiger partial charge >= 0.3 is 0 Å². The van der Waals surface area contributed by atoms with Crippen LogP contribution in [0.25, 0.3) is 0 Å². The van der Waals surface area contributed by atoms with Gasteiger partial charge < -0.3 is 0 Å². The molecular weight excluding hydrogens is 328 g/mol. The first-order valence-corrected chi connectivity index (χ1v) is 7.69. The Morgan fingerprint density at radius 2 is 1.71 bits per heavy atom. The first-order valence-electron chi connectivity index (χ1n) is 6.90. The fourth-order valence-electron chi connectivity index (χ4n) is 2.33. The zero-order valence-electron chi connectivity index (χ0n) is 11.5. The maximum atomic E-state index is 12.0. The molecule has 0 spiro atoms. The van der Waals surface area contributed by atoms with Gasteiger partial charge in [-0.15, -0.1) is 0 Å². The lowest BCUT2D eigenvalue weighted by molar-refractivity contribution is -0.132. The highest BCUT2D eigenvalue weighted by Gasteiger charge is 2.21. The summed E-state index contributed by atoms with van der Waals surface area (Å²) in [6.45, 7) is 0.527. The van der Waals surface area contributed by atoms with E-state index in [1.54, 1.807) is 5.01 Å². The lowest BCUT2D eigenvalue weighted by Crippen LogP contribution is -2.31. The quantitative estimate of drug-likeness (QED) is 0.830. The number of hydrogen-bond acceptors (Lipinski definition) is 2. The molecule has 1 aliphatic heterocycles. The standard InChI is InChI=1S/C17H15BrN2O/c18-15-8-6-14(7-9-15)16-10-11-17(21)20(19-16)12-13-4-2-1-3-5-13/h1-9H,10-12H2. The Labute approximate surface area is 132 Å². The second-order valence-electron chi connectivity index (χ2n) is 4.99. The van der Waals surface area contributed by atoms with Crippen LogP contribution in [0.1, 0.15) is 24.0 Å². The fraction of sp³-hybridized carbons (Fsp3) is 0.176. The van der Waals surface area contributed by atoms with Gasteiger partial charge in [0.05, 0.1) is 12.3 Å². The predicted molar refractivity (Wildman–Crippen MR) is 86.9 cm³/mol. The summed E-state index contributed by atoms with van der Waals surface area (Å²) in [6.07, 6.45) is 1.22. The van der Waals surface area contributed by atoms with E-state index in [0.29, 0.717) is 19.4 Å². The Bertz CT molecular complexity index is 665. The van der Waals surface area contributed by atoms with Crippen molar-refractivity contribution in [2.24, 2.45) is 5.10 Å². The maximum absolute atomic E-state index is 12.0. The van der Waals surface area contributed by atoms with Crippen LogP contribution in [-0.2, 0) is 11.3 Å². The highest BCUT2D eigenvalue weighted by atomic mass is 79.9. The average molecular weight is 343 g/mol. The van der Waals surface area contributed by atoms with Crippen molar-refractivity contribution >= 4 is 27.5 Å². The first kappa shape index (κ1) is 14.0. The average Bonchev–Trinajstić information content (AvgIpc) is 2.51. The third-order valence-electron chi connectivity index (χ3n) is 3.46. The molecule has 2 aromatic carbocycles. The van der Waals surface area contributed by atoms with E-state index in [0.717, 1.165) is 21.3 Å². The minimum atomic E-state index is 0.0831. The summed E-state index contributed by atoms with van der Waals surface area (Å²) in [5, 5.41) is 6.12. The molecule has 106 valence electrons. The molecule has 0 saturated carbocycles. The molecule has 3 nitrogen and oxygen atoms in total. The second-order valence-corrected chi connectivity index (χ2v) is 5.91. The predicted octanol–water partition coefficient (Wildman–Crippen LogP) is 3.98. The van der Waals surface area contributed by atoms with Crippen molar-refractivity contribution in [3.8, 4) is 0 Å². The smallest absolute Gasteiger partial charge is 0.243 e. The Hall–Kier alpha value is -1.94. The van der Waals surface area contributed by atoms with Gasteiger partial charge in [0.25, 0.3) is 0 Å². The van der Waals surface area contributed by atoms with Crippen molar-refractivity contribution in [3.63, 3.8) is 0 Å². The minimum Gasteiger partial charge on any atom is -0.273 e. The lowest BCUT2D eigenvalue weighted by Gasteiger charge is -2.23. The Morgan fingerprint density at radius 3 is 2.43 bits per heavy atom. The highest BCUT2D eigenvalue weighted by molar-refractivity contribution is 9.10. The summed E-state index contributed by atoms with van der Waals surface area (Å²) in [6, 6.07) is 18.0. The number of hydrazone groups is 1. The van der Waals surface area contributed by atoms with Crippen LogP contribution >= 0.6 is 15.9 Å². The molecule has 0 radical (unpaired) electrons. The van der Waals surface area contributed by atoms with E-state index in [4.69, 9.17) is 0 Å². The van der Waals surface area contributed by atoms with E-state index in [1.807, 2.05) is 54.6 Å². The number of nitrogens with zero attached hydrogens (tertiary/aromatic N) is 2. The van der Waals surface area contributed by atoms with Crippen molar-refractivity contribution in [1.82, 2.24) is 5.01 Å². The van der Waals surface area contributed by atoms with Crippen molar-refractivity contribution in [2.45, 2.75) is 19.4 Å². The molecule has 0 saturated heterocycles. The van der Waals surface area contributed by atoms with Crippen molar-refractivity contribution < 1.29 is 4.79 Å². The van der Waals surface area contributed by atoms with Gasteiger partial charge in [0.2, 0.25) is 5.91 Å². The Kier molecular flexibility index (Phi) is 4.15. The summed E-state index contributed by atoms with van der Waals surface area (Å²) >= 11 is 3.43. The summed E-state index contributed by atoms with van der Waals surface area (Å²) < 4.78 is 1.04. The largest absolute Gasteiger partial charge is 0.273 e. The maximum Gasteiger partial charge on any atom is 0.243 e. The Balaban J connectivity index is 1.84. The molecule has 21 heavy (non-hydrogen) atoms. The van der Waals surface area contributed by atoms with Gasteiger partial charge in [-0.1, -0.05) is 58.4 Å². The van der Waals surface area contributed by atoms with Crippen LogP contribution in [0.4, 0.5) is 0 Å². The van der Waals surface area contributed by atoms with Gasteiger partial charge in [0.1, 0.15) is 0 Å². The van der Waals surface area contributed by atoms with E-state index in [9.17, 15) is 4.79 Å². The number of carbonyl (C=O) groups is 1. The van der Waals surface area contributed by atoms with Crippen LogP contribution in [0.2, 0.25) is 0 Å². The SMILES string of the molecule is O=C1CCC(c2ccc(Br)cc2)=NN1Cc1ccccc1. The summed E-state index contributed by atoms with van der Waals surface area (Å²) in [5.74, 6) is 0.0831.